The van der Waals surface area contributed by atoms with Crippen molar-refractivity contribution in [3.63, 3.8) is 0 Å². The number of nitrogens with one attached hydrogen (secondary N) is 3. The molecule has 3 aromatic rings. The Morgan fingerprint density at radius 3 is 2.48 bits per heavy atom. The minimum Gasteiger partial charge on any atom is -0.342 e. The largest absolute Gasteiger partial charge is 0.446 e. The molecular weight excluding hydrogens is 597 g/mol. The highest BCUT2D eigenvalue weighted by Crippen LogP contribution is 2.30. The van der Waals surface area contributed by atoms with E-state index in [1.807, 2.05) is 49.1 Å². The van der Waals surface area contributed by atoms with Gasteiger partial charge in [-0.1, -0.05) is 37.6 Å². The molecule has 0 aliphatic carbocycles. The van der Waals surface area contributed by atoms with Crippen LogP contribution in [0.3, 0.4) is 0 Å². The first-order valence-electron chi connectivity index (χ1n) is 14.3. The SMILES string of the molecule is CC(C)C(=O)N1CCC(CC(=O)Nc2ccc3cc2CCc2cccc(c2)Nc2ncc(Cl)c(n2)N3)CC1.O=CC(F)(F)F. The first-order valence-corrected chi connectivity index (χ1v) is 14.7. The molecule has 0 spiro atoms. The summed E-state index contributed by atoms with van der Waals surface area (Å²) in [6.45, 7) is 5.31. The third-order valence-electron chi connectivity index (χ3n) is 7.28. The molecule has 5 rings (SSSR count). The van der Waals surface area contributed by atoms with Crippen LogP contribution in [-0.4, -0.2) is 52.2 Å². The van der Waals surface area contributed by atoms with Gasteiger partial charge in [0.2, 0.25) is 24.0 Å². The van der Waals surface area contributed by atoms with E-state index in [9.17, 15) is 22.8 Å². The Balaban J connectivity index is 0.000000670. The molecule has 0 unspecified atom stereocenters. The fourth-order valence-corrected chi connectivity index (χ4v) is 5.19. The number of halogens is 4. The summed E-state index contributed by atoms with van der Waals surface area (Å²) in [5.74, 6) is 1.45. The number of amides is 2. The van der Waals surface area contributed by atoms with Crippen molar-refractivity contribution in [1.29, 1.82) is 0 Å². The van der Waals surface area contributed by atoms with Crippen molar-refractivity contribution < 1.29 is 27.6 Å². The topological polar surface area (TPSA) is 116 Å². The van der Waals surface area contributed by atoms with Gasteiger partial charge < -0.3 is 20.9 Å². The summed E-state index contributed by atoms with van der Waals surface area (Å²) >= 11 is 6.37. The Labute approximate surface area is 258 Å². The van der Waals surface area contributed by atoms with Gasteiger partial charge in [0.15, 0.2) is 5.82 Å². The van der Waals surface area contributed by atoms with E-state index in [-0.39, 0.29) is 23.7 Å². The number of anilines is 5. The Bertz CT molecular complexity index is 1490. The number of benzene rings is 2. The zero-order chi connectivity index (χ0) is 31.9. The monoisotopic (exact) mass is 630 g/mol. The molecule has 0 saturated carbocycles. The van der Waals surface area contributed by atoms with Gasteiger partial charge in [0, 0.05) is 42.5 Å². The van der Waals surface area contributed by atoms with Crippen molar-refractivity contribution in [2.24, 2.45) is 11.8 Å². The molecule has 44 heavy (non-hydrogen) atoms. The molecule has 1 saturated heterocycles. The van der Waals surface area contributed by atoms with E-state index in [1.54, 1.807) is 6.20 Å². The van der Waals surface area contributed by atoms with E-state index in [0.717, 1.165) is 61.4 Å². The highest BCUT2D eigenvalue weighted by molar-refractivity contribution is 6.32. The summed E-state index contributed by atoms with van der Waals surface area (Å²) in [4.78, 5) is 44.8. The summed E-state index contributed by atoms with van der Waals surface area (Å²) in [6, 6.07) is 14.1. The van der Waals surface area contributed by atoms with E-state index < -0.39 is 12.5 Å². The second-order valence-corrected chi connectivity index (χ2v) is 11.5. The van der Waals surface area contributed by atoms with Crippen LogP contribution in [0.5, 0.6) is 0 Å². The van der Waals surface area contributed by atoms with Gasteiger partial charge in [-0.05, 0) is 73.1 Å². The number of carbonyl (C=O) groups excluding carboxylic acids is 3. The van der Waals surface area contributed by atoms with E-state index in [2.05, 4.69) is 38.1 Å². The Morgan fingerprint density at radius 2 is 1.80 bits per heavy atom. The maximum atomic E-state index is 13.1. The molecule has 2 amide bonds. The van der Waals surface area contributed by atoms with Crippen molar-refractivity contribution in [3.8, 4) is 0 Å². The van der Waals surface area contributed by atoms with Gasteiger partial charge in [-0.3, -0.25) is 14.4 Å². The van der Waals surface area contributed by atoms with Crippen LogP contribution in [0.15, 0.2) is 48.7 Å². The van der Waals surface area contributed by atoms with E-state index in [4.69, 9.17) is 16.4 Å². The standard InChI is InChI=1S/C29H33ClN6O2.C2HF3O/c1-18(2)28(38)36-12-10-20(11-13-36)15-26(37)34-25-9-8-23-16-21(25)7-6-19-4-3-5-22(14-19)33-29-31-17-24(30)27(32-23)35-29;3-2(4,5)1-6/h3-5,8-9,14,16-18,20H,6-7,10-13,15H2,1-2H3,(H,34,37)(H2,31,32,33,35);1H. The lowest BCUT2D eigenvalue weighted by Crippen LogP contribution is -2.41. The van der Waals surface area contributed by atoms with E-state index in [1.165, 1.54) is 5.56 Å². The summed E-state index contributed by atoms with van der Waals surface area (Å²) < 4.78 is 31.2. The predicted octanol–water partition coefficient (Wildman–Crippen LogP) is 6.69. The number of aldehydes is 1. The maximum absolute atomic E-state index is 13.1. The van der Waals surface area contributed by atoms with Crippen molar-refractivity contribution in [1.82, 2.24) is 14.9 Å². The van der Waals surface area contributed by atoms with Crippen LogP contribution in [0.25, 0.3) is 0 Å². The van der Waals surface area contributed by atoms with Crippen LogP contribution < -0.4 is 16.0 Å². The number of piperidine rings is 1. The molecule has 234 valence electrons. The number of fused-ring (bicyclic) bond motifs is 6. The number of carbonyl (C=O) groups is 3. The molecule has 13 heteroatoms. The van der Waals surface area contributed by atoms with Crippen molar-refractivity contribution >= 4 is 58.5 Å². The fourth-order valence-electron chi connectivity index (χ4n) is 5.05. The zero-order valence-corrected chi connectivity index (χ0v) is 25.1. The van der Waals surface area contributed by atoms with Gasteiger partial charge in [-0.25, -0.2) is 4.98 Å². The second kappa shape index (κ2) is 14.5. The molecule has 3 N–H and O–H groups in total. The number of hydrogen-bond acceptors (Lipinski definition) is 7. The Morgan fingerprint density at radius 1 is 1.09 bits per heavy atom. The quantitative estimate of drug-likeness (QED) is 0.275. The number of hydrogen-bond donors (Lipinski definition) is 3. The van der Waals surface area contributed by atoms with E-state index >= 15 is 0 Å². The molecule has 3 heterocycles. The fraction of sp³-hybridized carbons (Fsp3) is 0.387. The van der Waals surface area contributed by atoms with Gasteiger partial charge in [0.05, 0.1) is 6.20 Å². The van der Waals surface area contributed by atoms with Gasteiger partial charge in [0.1, 0.15) is 5.02 Å². The molecule has 2 aliphatic rings. The van der Waals surface area contributed by atoms with Gasteiger partial charge in [-0.2, -0.15) is 18.2 Å². The van der Waals surface area contributed by atoms with Crippen molar-refractivity contribution in [3.05, 3.63) is 64.8 Å². The molecule has 0 radical (unpaired) electrons. The first kappa shape index (κ1) is 32.7. The molecule has 6 bridgehead atoms. The minimum absolute atomic E-state index is 0.00759. The van der Waals surface area contributed by atoms with Crippen LogP contribution in [-0.2, 0) is 27.2 Å². The number of rotatable bonds is 4. The van der Waals surface area contributed by atoms with Crippen LogP contribution in [0.1, 0.15) is 44.2 Å². The number of alkyl halides is 3. The number of nitrogens with zero attached hydrogens (tertiary/aromatic N) is 3. The highest BCUT2D eigenvalue weighted by Gasteiger charge is 2.26. The van der Waals surface area contributed by atoms with Crippen molar-refractivity contribution in [2.45, 2.75) is 52.1 Å². The molecule has 0 atom stereocenters. The van der Waals surface area contributed by atoms with Crippen LogP contribution >= 0.6 is 11.6 Å². The van der Waals surface area contributed by atoms with Gasteiger partial charge in [0.25, 0.3) is 0 Å². The van der Waals surface area contributed by atoms with Crippen LogP contribution in [0.4, 0.5) is 42.0 Å². The van der Waals surface area contributed by atoms with Crippen molar-refractivity contribution in [2.75, 3.05) is 29.0 Å². The predicted molar refractivity (Wildman–Crippen MR) is 163 cm³/mol. The summed E-state index contributed by atoms with van der Waals surface area (Å²) in [5, 5.41) is 10.1. The molecular formula is C31H34ClF3N6O3. The maximum Gasteiger partial charge on any atom is 0.446 e. The molecule has 2 aromatic carbocycles. The minimum atomic E-state index is -4.64. The third-order valence-corrected chi connectivity index (χ3v) is 7.56. The Hall–Kier alpha value is -4.19. The molecule has 9 nitrogen and oxygen atoms in total. The average molecular weight is 631 g/mol. The third kappa shape index (κ3) is 9.40. The van der Waals surface area contributed by atoms with Crippen LogP contribution in [0, 0.1) is 11.8 Å². The number of aromatic nitrogens is 2. The summed E-state index contributed by atoms with van der Waals surface area (Å²) in [6.07, 6.45) is -0.406. The lowest BCUT2D eigenvalue weighted by molar-refractivity contribution is -0.156. The molecule has 1 fully saturated rings. The normalized spacial score (nSPS) is 14.8. The van der Waals surface area contributed by atoms with Gasteiger partial charge >= 0.3 is 6.18 Å². The molecule has 1 aromatic heterocycles. The smallest absolute Gasteiger partial charge is 0.342 e. The zero-order valence-electron chi connectivity index (χ0n) is 24.4. The first-order chi connectivity index (χ1) is 20.9. The number of likely N-dealkylation sites (tertiary alicyclic amines) is 1. The Kier molecular flexibility index (Phi) is 10.8. The number of aryl methyl sites for hydroxylation is 2. The molecule has 2 aliphatic heterocycles. The van der Waals surface area contributed by atoms with Gasteiger partial charge in [-0.15, -0.1) is 0 Å². The lowest BCUT2D eigenvalue weighted by atomic mass is 9.92. The van der Waals surface area contributed by atoms with E-state index in [0.29, 0.717) is 23.2 Å². The average Bonchev–Trinajstić information content (AvgIpc) is 2.99. The summed E-state index contributed by atoms with van der Waals surface area (Å²) in [5.41, 5.74) is 4.74. The van der Waals surface area contributed by atoms with Crippen LogP contribution in [0.2, 0.25) is 5.02 Å². The highest BCUT2D eigenvalue weighted by atomic mass is 35.5. The second-order valence-electron chi connectivity index (χ2n) is 11.0. The lowest BCUT2D eigenvalue weighted by Gasteiger charge is -2.32. The summed E-state index contributed by atoms with van der Waals surface area (Å²) in [7, 11) is 0.